The summed E-state index contributed by atoms with van der Waals surface area (Å²) < 4.78 is 0. The zero-order valence-corrected chi connectivity index (χ0v) is 15.7. The number of nitrogens with zero attached hydrogens (tertiary/aromatic N) is 1. The Bertz CT molecular complexity index is 813. The normalized spacial score (nSPS) is 10.6. The van der Waals surface area contributed by atoms with E-state index in [1.807, 2.05) is 35.7 Å². The van der Waals surface area contributed by atoms with Crippen LogP contribution in [-0.4, -0.2) is 16.6 Å². The number of aryl methyl sites for hydroxylation is 1. The van der Waals surface area contributed by atoms with E-state index in [9.17, 15) is 4.79 Å². The van der Waals surface area contributed by atoms with Gasteiger partial charge in [0, 0.05) is 22.3 Å². The average Bonchev–Trinajstić information content (AvgIpc) is 3.09. The summed E-state index contributed by atoms with van der Waals surface area (Å²) in [4.78, 5) is 17.8. The monoisotopic (exact) mass is 368 g/mol. The van der Waals surface area contributed by atoms with Gasteiger partial charge in [-0.05, 0) is 31.2 Å². The highest BCUT2D eigenvalue weighted by molar-refractivity contribution is 7.99. The average molecular weight is 369 g/mol. The molecule has 1 aromatic heterocycles. The summed E-state index contributed by atoms with van der Waals surface area (Å²) in [6, 6.07) is 18.5. The highest BCUT2D eigenvalue weighted by Crippen LogP contribution is 2.25. The SMILES string of the molecule is Cc1ccc(SCCCC(=O)Nc2nc(-c3ccccc3)cs2)cc1. The maximum absolute atomic E-state index is 12.1. The molecular formula is C20H20N2OS2. The molecule has 3 rings (SSSR count). The summed E-state index contributed by atoms with van der Waals surface area (Å²) in [5.41, 5.74) is 3.23. The number of anilines is 1. The lowest BCUT2D eigenvalue weighted by molar-refractivity contribution is -0.116. The van der Waals surface area contributed by atoms with Crippen molar-refractivity contribution in [1.29, 1.82) is 0 Å². The lowest BCUT2D eigenvalue weighted by Gasteiger charge is -2.03. The Kier molecular flexibility index (Phi) is 6.25. The number of thioether (sulfide) groups is 1. The van der Waals surface area contributed by atoms with Gasteiger partial charge in [0.2, 0.25) is 5.91 Å². The first-order valence-electron chi connectivity index (χ1n) is 8.21. The third kappa shape index (κ3) is 5.44. The Morgan fingerprint density at radius 1 is 1.12 bits per heavy atom. The Hall–Kier alpha value is -2.11. The second kappa shape index (κ2) is 8.83. The summed E-state index contributed by atoms with van der Waals surface area (Å²) >= 11 is 3.25. The van der Waals surface area contributed by atoms with Crippen molar-refractivity contribution in [3.8, 4) is 11.3 Å². The van der Waals surface area contributed by atoms with Crippen molar-refractivity contribution in [3.05, 3.63) is 65.5 Å². The summed E-state index contributed by atoms with van der Waals surface area (Å²) in [6.07, 6.45) is 1.36. The molecule has 5 heteroatoms. The number of aromatic nitrogens is 1. The number of rotatable bonds is 7. The fourth-order valence-electron chi connectivity index (χ4n) is 2.31. The highest BCUT2D eigenvalue weighted by Gasteiger charge is 2.08. The minimum Gasteiger partial charge on any atom is -0.302 e. The van der Waals surface area contributed by atoms with Gasteiger partial charge in [0.05, 0.1) is 5.69 Å². The molecule has 128 valence electrons. The molecule has 0 aliphatic rings. The molecule has 0 aliphatic carbocycles. The van der Waals surface area contributed by atoms with Crippen LogP contribution in [0.4, 0.5) is 5.13 Å². The third-order valence-corrected chi connectivity index (χ3v) is 5.51. The number of thiazole rings is 1. The molecule has 1 amide bonds. The molecule has 3 nitrogen and oxygen atoms in total. The summed E-state index contributed by atoms with van der Waals surface area (Å²) in [6.45, 7) is 2.08. The minimum atomic E-state index is 0.0264. The maximum atomic E-state index is 12.1. The van der Waals surface area contributed by atoms with E-state index < -0.39 is 0 Å². The van der Waals surface area contributed by atoms with Crippen molar-refractivity contribution in [1.82, 2.24) is 4.98 Å². The van der Waals surface area contributed by atoms with Gasteiger partial charge >= 0.3 is 0 Å². The molecule has 0 spiro atoms. The predicted octanol–water partition coefficient (Wildman–Crippen LogP) is 5.63. The van der Waals surface area contributed by atoms with E-state index in [0.29, 0.717) is 11.6 Å². The lowest BCUT2D eigenvalue weighted by Crippen LogP contribution is -2.11. The van der Waals surface area contributed by atoms with Crippen molar-refractivity contribution >= 4 is 34.1 Å². The van der Waals surface area contributed by atoms with Crippen LogP contribution in [0.15, 0.2) is 64.9 Å². The van der Waals surface area contributed by atoms with Crippen LogP contribution in [-0.2, 0) is 4.79 Å². The number of carbonyl (C=O) groups excluding carboxylic acids is 1. The molecule has 0 radical (unpaired) electrons. The van der Waals surface area contributed by atoms with Gasteiger partial charge in [-0.2, -0.15) is 0 Å². The molecule has 0 bridgehead atoms. The summed E-state index contributed by atoms with van der Waals surface area (Å²) in [7, 11) is 0. The van der Waals surface area contributed by atoms with Crippen LogP contribution >= 0.6 is 23.1 Å². The first-order chi connectivity index (χ1) is 12.2. The van der Waals surface area contributed by atoms with E-state index in [0.717, 1.165) is 23.4 Å². The van der Waals surface area contributed by atoms with Gasteiger partial charge in [-0.3, -0.25) is 4.79 Å². The molecule has 0 saturated carbocycles. The van der Waals surface area contributed by atoms with Gasteiger partial charge < -0.3 is 5.32 Å². The zero-order chi connectivity index (χ0) is 17.5. The van der Waals surface area contributed by atoms with E-state index in [1.165, 1.54) is 21.8 Å². The summed E-state index contributed by atoms with van der Waals surface area (Å²) in [5.74, 6) is 0.961. The number of amides is 1. The Labute approximate surface area is 156 Å². The van der Waals surface area contributed by atoms with Gasteiger partial charge in [0.15, 0.2) is 5.13 Å². The Morgan fingerprint density at radius 3 is 2.64 bits per heavy atom. The highest BCUT2D eigenvalue weighted by atomic mass is 32.2. The number of carbonyl (C=O) groups is 1. The van der Waals surface area contributed by atoms with Crippen molar-refractivity contribution in [2.75, 3.05) is 11.1 Å². The minimum absolute atomic E-state index is 0.0264. The Balaban J connectivity index is 1.42. The van der Waals surface area contributed by atoms with Crippen LogP contribution < -0.4 is 5.32 Å². The number of hydrogen-bond acceptors (Lipinski definition) is 4. The second-order valence-corrected chi connectivity index (χ2v) is 7.74. The van der Waals surface area contributed by atoms with Gasteiger partial charge in [0.25, 0.3) is 0 Å². The third-order valence-electron chi connectivity index (χ3n) is 3.66. The lowest BCUT2D eigenvalue weighted by atomic mass is 10.2. The molecule has 0 aliphatic heterocycles. The predicted molar refractivity (Wildman–Crippen MR) is 107 cm³/mol. The largest absolute Gasteiger partial charge is 0.302 e. The summed E-state index contributed by atoms with van der Waals surface area (Å²) in [5, 5.41) is 5.53. The standard InChI is InChI=1S/C20H20N2OS2/c1-15-9-11-17(12-10-15)24-13-5-8-19(23)22-20-21-18(14-25-20)16-6-3-2-4-7-16/h2-4,6-7,9-12,14H,5,8,13H2,1H3,(H,21,22,23). The molecule has 2 aromatic carbocycles. The molecule has 25 heavy (non-hydrogen) atoms. The van der Waals surface area contributed by atoms with E-state index in [1.54, 1.807) is 11.8 Å². The van der Waals surface area contributed by atoms with E-state index in [-0.39, 0.29) is 5.91 Å². The van der Waals surface area contributed by atoms with Crippen molar-refractivity contribution < 1.29 is 4.79 Å². The van der Waals surface area contributed by atoms with Crippen LogP contribution in [0.5, 0.6) is 0 Å². The van der Waals surface area contributed by atoms with Crippen LogP contribution in [0.25, 0.3) is 11.3 Å². The van der Waals surface area contributed by atoms with Crippen LogP contribution in [0.1, 0.15) is 18.4 Å². The number of benzene rings is 2. The zero-order valence-electron chi connectivity index (χ0n) is 14.1. The molecule has 0 fully saturated rings. The number of nitrogens with one attached hydrogen (secondary N) is 1. The van der Waals surface area contributed by atoms with Crippen LogP contribution in [0.2, 0.25) is 0 Å². The van der Waals surface area contributed by atoms with Gasteiger partial charge in [-0.15, -0.1) is 23.1 Å². The Morgan fingerprint density at radius 2 is 1.88 bits per heavy atom. The first-order valence-corrected chi connectivity index (χ1v) is 10.1. The van der Waals surface area contributed by atoms with Crippen LogP contribution in [0, 0.1) is 6.92 Å². The van der Waals surface area contributed by atoms with Gasteiger partial charge in [0.1, 0.15) is 0 Å². The molecule has 1 N–H and O–H groups in total. The molecule has 1 heterocycles. The van der Waals surface area contributed by atoms with Gasteiger partial charge in [-0.25, -0.2) is 4.98 Å². The second-order valence-electron chi connectivity index (χ2n) is 5.72. The van der Waals surface area contributed by atoms with E-state index in [4.69, 9.17) is 0 Å². The molecule has 0 saturated heterocycles. The van der Waals surface area contributed by atoms with E-state index in [2.05, 4.69) is 41.5 Å². The fraction of sp³-hybridized carbons (Fsp3) is 0.200. The molecule has 3 aromatic rings. The smallest absolute Gasteiger partial charge is 0.226 e. The fourth-order valence-corrected chi connectivity index (χ4v) is 3.90. The first kappa shape index (κ1) is 17.7. The van der Waals surface area contributed by atoms with E-state index >= 15 is 0 Å². The van der Waals surface area contributed by atoms with Gasteiger partial charge in [-0.1, -0.05) is 48.0 Å². The van der Waals surface area contributed by atoms with Crippen molar-refractivity contribution in [3.63, 3.8) is 0 Å². The molecule has 0 atom stereocenters. The van der Waals surface area contributed by atoms with Crippen molar-refractivity contribution in [2.45, 2.75) is 24.7 Å². The molecule has 0 unspecified atom stereocenters. The maximum Gasteiger partial charge on any atom is 0.226 e. The number of hydrogen-bond donors (Lipinski definition) is 1. The topological polar surface area (TPSA) is 42.0 Å². The van der Waals surface area contributed by atoms with Crippen LogP contribution in [0.3, 0.4) is 0 Å². The van der Waals surface area contributed by atoms with Crippen molar-refractivity contribution in [2.24, 2.45) is 0 Å². The quantitative estimate of drug-likeness (QED) is 0.434. The molecular weight excluding hydrogens is 348 g/mol.